The molecule has 1 aromatic carbocycles. The number of nitrogens with zero attached hydrogens (tertiary/aromatic N) is 3. The highest BCUT2D eigenvalue weighted by Gasteiger charge is 2.11. The zero-order chi connectivity index (χ0) is 14.8. The van der Waals surface area contributed by atoms with Crippen LogP contribution in [0.3, 0.4) is 0 Å². The van der Waals surface area contributed by atoms with E-state index in [0.29, 0.717) is 12.1 Å². The first-order chi connectivity index (χ1) is 10.1. The number of carbonyl (C=O) groups excluding carboxylic acids is 1. The molecule has 0 saturated heterocycles. The molecule has 0 spiro atoms. The topological polar surface area (TPSA) is 73.0 Å². The van der Waals surface area contributed by atoms with E-state index in [1.54, 1.807) is 17.1 Å². The zero-order valence-corrected chi connectivity index (χ0v) is 11.9. The Hall–Kier alpha value is -2.63. The lowest BCUT2D eigenvalue weighted by molar-refractivity contribution is 0.0948. The number of rotatable bonds is 4. The van der Waals surface area contributed by atoms with Gasteiger partial charge in [0.2, 0.25) is 0 Å². The number of hydrogen-bond donors (Lipinski definition) is 1. The van der Waals surface area contributed by atoms with Crippen LogP contribution in [0.4, 0.5) is 0 Å². The number of furan rings is 1. The lowest BCUT2D eigenvalue weighted by Crippen LogP contribution is -2.29. The van der Waals surface area contributed by atoms with E-state index >= 15 is 0 Å². The van der Waals surface area contributed by atoms with E-state index in [4.69, 9.17) is 4.42 Å². The summed E-state index contributed by atoms with van der Waals surface area (Å²) < 4.78 is 7.21. The third-order valence-electron chi connectivity index (χ3n) is 3.35. The number of fused-ring (bicyclic) bond motifs is 1. The third-order valence-corrected chi connectivity index (χ3v) is 3.35. The molecule has 0 radical (unpaired) electrons. The third kappa shape index (κ3) is 2.79. The van der Waals surface area contributed by atoms with Gasteiger partial charge in [0.05, 0.1) is 6.04 Å². The first kappa shape index (κ1) is 13.4. The van der Waals surface area contributed by atoms with E-state index in [-0.39, 0.29) is 11.9 Å². The highest BCUT2D eigenvalue weighted by molar-refractivity contribution is 5.97. The highest BCUT2D eigenvalue weighted by atomic mass is 16.3. The normalized spacial score (nSPS) is 12.5. The molecule has 6 nitrogen and oxygen atoms in total. The molecule has 0 unspecified atom stereocenters. The number of benzene rings is 1. The number of aryl methyl sites for hydroxylation is 1. The molecule has 0 bridgehead atoms. The van der Waals surface area contributed by atoms with Crippen molar-refractivity contribution in [3.8, 4) is 0 Å². The quantitative estimate of drug-likeness (QED) is 0.798. The van der Waals surface area contributed by atoms with Crippen molar-refractivity contribution in [1.29, 1.82) is 0 Å². The largest absolute Gasteiger partial charge is 0.461 e. The number of amides is 1. The minimum Gasteiger partial charge on any atom is -0.461 e. The van der Waals surface area contributed by atoms with Crippen molar-refractivity contribution in [3.63, 3.8) is 0 Å². The van der Waals surface area contributed by atoms with E-state index in [1.807, 2.05) is 32.0 Å². The Morgan fingerprint density at radius 2 is 2.29 bits per heavy atom. The summed E-state index contributed by atoms with van der Waals surface area (Å²) in [5, 5.41) is 7.89. The maximum Gasteiger partial charge on any atom is 0.251 e. The molecule has 1 atom stereocenters. The minimum absolute atomic E-state index is 0.0522. The maximum absolute atomic E-state index is 12.2. The van der Waals surface area contributed by atoms with Crippen molar-refractivity contribution in [3.05, 3.63) is 48.2 Å². The Labute approximate surface area is 121 Å². The number of nitrogens with one attached hydrogen (secondary N) is 1. The molecule has 6 heteroatoms. The molecular weight excluding hydrogens is 268 g/mol. The fraction of sp³-hybridized carbons (Fsp3) is 0.267. The molecule has 1 amide bonds. The van der Waals surface area contributed by atoms with Crippen LogP contribution in [0.25, 0.3) is 11.0 Å². The molecule has 0 aliphatic rings. The number of carbonyl (C=O) groups is 1. The minimum atomic E-state index is -0.109. The predicted molar refractivity (Wildman–Crippen MR) is 78.0 cm³/mol. The van der Waals surface area contributed by atoms with Crippen molar-refractivity contribution >= 4 is 16.9 Å². The molecule has 0 aliphatic heterocycles. The molecule has 0 saturated carbocycles. The van der Waals surface area contributed by atoms with E-state index in [2.05, 4.69) is 15.4 Å². The van der Waals surface area contributed by atoms with Crippen LogP contribution in [0.2, 0.25) is 0 Å². The molecule has 0 fully saturated rings. The van der Waals surface area contributed by atoms with Crippen LogP contribution in [0.5, 0.6) is 0 Å². The Bertz CT molecular complexity index is 761. The van der Waals surface area contributed by atoms with Gasteiger partial charge < -0.3 is 9.73 Å². The second-order valence-corrected chi connectivity index (χ2v) is 5.04. The summed E-state index contributed by atoms with van der Waals surface area (Å²) >= 11 is 0. The smallest absolute Gasteiger partial charge is 0.251 e. The molecule has 3 rings (SSSR count). The Morgan fingerprint density at radius 1 is 1.43 bits per heavy atom. The molecule has 0 aliphatic carbocycles. The molecule has 108 valence electrons. The average Bonchev–Trinajstić information content (AvgIpc) is 3.11. The standard InChI is InChI=1S/C15H16N4O2/c1-10(19-9-16-8-18-19)7-17-15(20)12-3-4-14-13(6-12)5-11(2)21-14/h3-6,8-10H,7H2,1-2H3,(H,17,20)/t10-/m0/s1. The van der Waals surface area contributed by atoms with Crippen molar-refractivity contribution < 1.29 is 9.21 Å². The van der Waals surface area contributed by atoms with Crippen LogP contribution in [-0.4, -0.2) is 27.2 Å². The van der Waals surface area contributed by atoms with Gasteiger partial charge >= 0.3 is 0 Å². The van der Waals surface area contributed by atoms with Gasteiger partial charge in [0.25, 0.3) is 5.91 Å². The van der Waals surface area contributed by atoms with Crippen molar-refractivity contribution in [2.45, 2.75) is 19.9 Å². The molecule has 2 aromatic heterocycles. The Morgan fingerprint density at radius 3 is 3.05 bits per heavy atom. The van der Waals surface area contributed by atoms with Crippen molar-refractivity contribution in [1.82, 2.24) is 20.1 Å². The molecular formula is C15H16N4O2. The summed E-state index contributed by atoms with van der Waals surface area (Å²) in [5.74, 6) is 0.727. The van der Waals surface area contributed by atoms with Gasteiger partial charge in [-0.3, -0.25) is 4.79 Å². The summed E-state index contributed by atoms with van der Waals surface area (Å²) in [5.41, 5.74) is 1.41. The zero-order valence-electron chi connectivity index (χ0n) is 11.9. The fourth-order valence-electron chi connectivity index (χ4n) is 2.20. The average molecular weight is 284 g/mol. The van der Waals surface area contributed by atoms with Gasteiger partial charge in [-0.2, -0.15) is 5.10 Å². The Kier molecular flexibility index (Phi) is 3.43. The van der Waals surface area contributed by atoms with Crippen LogP contribution >= 0.6 is 0 Å². The van der Waals surface area contributed by atoms with Gasteiger partial charge in [-0.05, 0) is 38.1 Å². The molecule has 3 aromatic rings. The van der Waals surface area contributed by atoms with E-state index in [0.717, 1.165) is 16.7 Å². The van der Waals surface area contributed by atoms with Crippen molar-refractivity contribution in [2.75, 3.05) is 6.54 Å². The lowest BCUT2D eigenvalue weighted by atomic mass is 10.1. The SMILES string of the molecule is Cc1cc2cc(C(=O)NC[C@H](C)n3cncn3)ccc2o1. The van der Waals surface area contributed by atoms with Crippen LogP contribution in [-0.2, 0) is 0 Å². The summed E-state index contributed by atoms with van der Waals surface area (Å²) in [7, 11) is 0. The second kappa shape index (κ2) is 5.40. The van der Waals surface area contributed by atoms with E-state index < -0.39 is 0 Å². The van der Waals surface area contributed by atoms with Crippen LogP contribution in [0.1, 0.15) is 29.1 Å². The van der Waals surface area contributed by atoms with Gasteiger partial charge in [0, 0.05) is 17.5 Å². The van der Waals surface area contributed by atoms with Gasteiger partial charge in [-0.25, -0.2) is 9.67 Å². The summed E-state index contributed by atoms with van der Waals surface area (Å²) in [4.78, 5) is 16.1. The number of hydrogen-bond acceptors (Lipinski definition) is 4. The fourth-order valence-corrected chi connectivity index (χ4v) is 2.20. The first-order valence-corrected chi connectivity index (χ1v) is 6.76. The van der Waals surface area contributed by atoms with Gasteiger partial charge in [0.1, 0.15) is 24.0 Å². The van der Waals surface area contributed by atoms with Gasteiger partial charge in [0.15, 0.2) is 0 Å². The summed E-state index contributed by atoms with van der Waals surface area (Å²) in [6, 6.07) is 7.39. The second-order valence-electron chi connectivity index (χ2n) is 5.04. The Balaban J connectivity index is 1.69. The predicted octanol–water partition coefficient (Wildman–Crippen LogP) is 2.32. The summed E-state index contributed by atoms with van der Waals surface area (Å²) in [6.45, 7) is 4.35. The van der Waals surface area contributed by atoms with Gasteiger partial charge in [-0.15, -0.1) is 0 Å². The lowest BCUT2D eigenvalue weighted by Gasteiger charge is -2.12. The monoisotopic (exact) mass is 284 g/mol. The van der Waals surface area contributed by atoms with E-state index in [1.165, 1.54) is 6.33 Å². The van der Waals surface area contributed by atoms with Crippen LogP contribution in [0.15, 0.2) is 41.3 Å². The first-order valence-electron chi connectivity index (χ1n) is 6.76. The number of aromatic nitrogens is 3. The van der Waals surface area contributed by atoms with E-state index in [9.17, 15) is 4.79 Å². The van der Waals surface area contributed by atoms with Gasteiger partial charge in [-0.1, -0.05) is 0 Å². The van der Waals surface area contributed by atoms with Crippen molar-refractivity contribution in [2.24, 2.45) is 0 Å². The maximum atomic E-state index is 12.2. The van der Waals surface area contributed by atoms with Crippen LogP contribution < -0.4 is 5.32 Å². The molecule has 21 heavy (non-hydrogen) atoms. The molecule has 2 heterocycles. The summed E-state index contributed by atoms with van der Waals surface area (Å²) in [6.07, 6.45) is 3.12. The highest BCUT2D eigenvalue weighted by Crippen LogP contribution is 2.20. The molecule has 1 N–H and O–H groups in total. The van der Waals surface area contributed by atoms with Crippen LogP contribution in [0, 0.1) is 6.92 Å².